The summed E-state index contributed by atoms with van der Waals surface area (Å²) in [6.07, 6.45) is 10.7. The molecule has 1 amide bonds. The van der Waals surface area contributed by atoms with Crippen LogP contribution in [0.1, 0.15) is 37.8 Å². The molecule has 1 aromatic carbocycles. The van der Waals surface area contributed by atoms with Gasteiger partial charge >= 0.3 is 6.09 Å². The second-order valence-electron chi connectivity index (χ2n) is 9.03. The Morgan fingerprint density at radius 1 is 1.21 bits per heavy atom. The number of hydrogen-bond donors (Lipinski definition) is 1. The van der Waals surface area contributed by atoms with Crippen molar-refractivity contribution in [3.8, 4) is 5.75 Å². The number of ether oxygens (including phenoxy) is 2. The number of carbonyl (C=O) groups is 1. The Morgan fingerprint density at radius 2 is 2.00 bits per heavy atom. The van der Waals surface area contributed by atoms with Crippen molar-refractivity contribution in [1.29, 1.82) is 0 Å². The number of rotatable bonds is 3. The van der Waals surface area contributed by atoms with E-state index in [0.29, 0.717) is 18.0 Å². The average molecular weight is 466 g/mol. The lowest BCUT2D eigenvalue weighted by molar-refractivity contribution is 0.0568. The van der Waals surface area contributed by atoms with Crippen LogP contribution in [-0.4, -0.2) is 42.0 Å². The Morgan fingerprint density at radius 3 is 2.73 bits per heavy atom. The maximum atomic E-state index is 13.5. The highest BCUT2D eigenvalue weighted by molar-refractivity contribution is 6.31. The van der Waals surface area contributed by atoms with E-state index in [2.05, 4.69) is 6.08 Å². The van der Waals surface area contributed by atoms with Gasteiger partial charge in [-0.1, -0.05) is 42.8 Å². The monoisotopic (exact) mass is 465 g/mol. The van der Waals surface area contributed by atoms with E-state index in [0.717, 1.165) is 29.7 Å². The van der Waals surface area contributed by atoms with Crippen molar-refractivity contribution < 1.29 is 19.4 Å². The fourth-order valence-corrected chi connectivity index (χ4v) is 5.52. The van der Waals surface area contributed by atoms with Crippen LogP contribution in [0.3, 0.4) is 0 Å². The molecule has 5 rings (SSSR count). The molecule has 0 saturated carbocycles. The van der Waals surface area contributed by atoms with E-state index < -0.39 is 6.10 Å². The fourth-order valence-electron chi connectivity index (χ4n) is 5.25. The minimum atomic E-state index is -0.447. The van der Waals surface area contributed by atoms with Gasteiger partial charge in [0.1, 0.15) is 11.9 Å². The van der Waals surface area contributed by atoms with Crippen LogP contribution in [0.15, 0.2) is 82.0 Å². The molecule has 4 aliphatic rings. The van der Waals surface area contributed by atoms with Crippen LogP contribution in [0.2, 0.25) is 0 Å². The molecular weight excluding hydrogens is 438 g/mol. The molecule has 1 heterocycles. The number of aliphatic hydroxyl groups excluding tert-OH is 1. The standard InChI is InChI=1S/C27H28ClNO4/c1-16-13-19(28)6-10-25(16)33-27(31)29-12-11-22-23-15-20(30)7-3-18(23)14-24(22)26(29)17-4-8-21(32-2)9-5-17/h3-6,8-10,13,15-16,20,25-26,30H,7,11-12,14H2,1-2H3. The number of halogens is 1. The Balaban J connectivity index is 1.49. The van der Waals surface area contributed by atoms with Crippen LogP contribution in [-0.2, 0) is 4.74 Å². The molecule has 0 aromatic heterocycles. The lowest BCUT2D eigenvalue weighted by Gasteiger charge is -2.38. The van der Waals surface area contributed by atoms with E-state index >= 15 is 0 Å². The molecule has 3 aliphatic carbocycles. The van der Waals surface area contributed by atoms with Gasteiger partial charge in [0.25, 0.3) is 0 Å². The van der Waals surface area contributed by atoms with E-state index in [1.165, 1.54) is 16.7 Å². The predicted octanol–water partition coefficient (Wildman–Crippen LogP) is 5.59. The molecule has 4 atom stereocenters. The number of benzene rings is 1. The van der Waals surface area contributed by atoms with Crippen LogP contribution in [0.25, 0.3) is 0 Å². The van der Waals surface area contributed by atoms with Crippen molar-refractivity contribution in [2.75, 3.05) is 13.7 Å². The van der Waals surface area contributed by atoms with Crippen LogP contribution in [0, 0.1) is 5.92 Å². The lowest BCUT2D eigenvalue weighted by Crippen LogP contribution is -2.42. The number of aliphatic hydroxyl groups is 1. The highest BCUT2D eigenvalue weighted by Crippen LogP contribution is 2.50. The number of allylic oxidation sites excluding steroid dienone is 4. The number of carbonyl (C=O) groups excluding carboxylic acids is 1. The van der Waals surface area contributed by atoms with Gasteiger partial charge in [-0.25, -0.2) is 4.79 Å². The summed E-state index contributed by atoms with van der Waals surface area (Å²) in [5.41, 5.74) is 5.90. The van der Waals surface area contributed by atoms with Gasteiger partial charge in [0, 0.05) is 17.5 Å². The number of amides is 1. The molecule has 6 heteroatoms. The molecule has 0 bridgehead atoms. The molecule has 33 heavy (non-hydrogen) atoms. The Hall–Kier alpha value is -2.76. The van der Waals surface area contributed by atoms with Gasteiger partial charge in [0.05, 0.1) is 19.3 Å². The third-order valence-corrected chi connectivity index (χ3v) is 7.19. The van der Waals surface area contributed by atoms with Gasteiger partial charge in [-0.05, 0) is 77.5 Å². The smallest absolute Gasteiger partial charge is 0.411 e. The van der Waals surface area contributed by atoms with Crippen molar-refractivity contribution in [3.63, 3.8) is 0 Å². The Labute approximate surface area is 199 Å². The van der Waals surface area contributed by atoms with E-state index in [1.54, 1.807) is 13.2 Å². The second-order valence-corrected chi connectivity index (χ2v) is 9.47. The molecule has 1 N–H and O–H groups in total. The largest absolute Gasteiger partial charge is 0.497 e. The summed E-state index contributed by atoms with van der Waals surface area (Å²) >= 11 is 6.10. The van der Waals surface area contributed by atoms with Gasteiger partial charge in [0.15, 0.2) is 0 Å². The van der Waals surface area contributed by atoms with Crippen LogP contribution in [0.4, 0.5) is 4.79 Å². The number of nitrogens with zero attached hydrogens (tertiary/aromatic N) is 1. The highest BCUT2D eigenvalue weighted by atomic mass is 35.5. The SMILES string of the molecule is COc1ccc(C2C3=C(CCN2C(=O)OC2C=CC(Cl)=CC2C)C2=CC(O)CC=C2C3)cc1. The number of hydrogen-bond acceptors (Lipinski definition) is 4. The zero-order valence-electron chi connectivity index (χ0n) is 18.8. The summed E-state index contributed by atoms with van der Waals surface area (Å²) in [6, 6.07) is 7.67. The van der Waals surface area contributed by atoms with Crippen LogP contribution in [0.5, 0.6) is 5.75 Å². The van der Waals surface area contributed by atoms with Gasteiger partial charge in [0.2, 0.25) is 0 Å². The molecule has 5 nitrogen and oxygen atoms in total. The number of methoxy groups -OCH3 is 1. The molecule has 0 spiro atoms. The summed E-state index contributed by atoms with van der Waals surface area (Å²) in [6.45, 7) is 2.55. The van der Waals surface area contributed by atoms with Crippen LogP contribution >= 0.6 is 11.6 Å². The Kier molecular flexibility index (Phi) is 5.94. The van der Waals surface area contributed by atoms with Crippen molar-refractivity contribution in [1.82, 2.24) is 4.90 Å². The molecule has 1 aromatic rings. The maximum absolute atomic E-state index is 13.5. The maximum Gasteiger partial charge on any atom is 0.411 e. The molecule has 4 unspecified atom stereocenters. The number of fused-ring (bicyclic) bond motifs is 2. The van der Waals surface area contributed by atoms with E-state index in [1.807, 2.05) is 54.3 Å². The zero-order valence-corrected chi connectivity index (χ0v) is 19.6. The first-order chi connectivity index (χ1) is 15.9. The molecule has 0 radical (unpaired) electrons. The third kappa shape index (κ3) is 4.16. The summed E-state index contributed by atoms with van der Waals surface area (Å²) in [5, 5.41) is 10.9. The second kappa shape index (κ2) is 8.88. The summed E-state index contributed by atoms with van der Waals surface area (Å²) in [5.74, 6) is 0.785. The summed E-state index contributed by atoms with van der Waals surface area (Å²) < 4.78 is 11.3. The minimum Gasteiger partial charge on any atom is -0.497 e. The van der Waals surface area contributed by atoms with Crippen molar-refractivity contribution >= 4 is 17.7 Å². The third-order valence-electron chi connectivity index (χ3n) is 6.94. The summed E-state index contributed by atoms with van der Waals surface area (Å²) in [7, 11) is 1.64. The molecular formula is C27H28ClNO4. The van der Waals surface area contributed by atoms with Crippen molar-refractivity contribution in [2.24, 2.45) is 5.92 Å². The quantitative estimate of drug-likeness (QED) is 0.631. The molecule has 0 fully saturated rings. The lowest BCUT2D eigenvalue weighted by atomic mass is 9.88. The highest BCUT2D eigenvalue weighted by Gasteiger charge is 2.41. The first-order valence-corrected chi connectivity index (χ1v) is 11.8. The topological polar surface area (TPSA) is 59.0 Å². The van der Waals surface area contributed by atoms with Gasteiger partial charge in [-0.15, -0.1) is 0 Å². The van der Waals surface area contributed by atoms with Crippen LogP contribution < -0.4 is 4.74 Å². The summed E-state index contributed by atoms with van der Waals surface area (Å²) in [4.78, 5) is 15.3. The fraction of sp³-hybridized carbons (Fsp3) is 0.370. The molecule has 0 saturated heterocycles. The normalized spacial score (nSPS) is 28.5. The van der Waals surface area contributed by atoms with Gasteiger partial charge in [-0.3, -0.25) is 4.90 Å². The van der Waals surface area contributed by atoms with Crippen molar-refractivity contribution in [2.45, 2.75) is 44.4 Å². The average Bonchev–Trinajstić information content (AvgIpc) is 3.18. The van der Waals surface area contributed by atoms with E-state index in [4.69, 9.17) is 21.1 Å². The van der Waals surface area contributed by atoms with Crippen molar-refractivity contribution in [3.05, 3.63) is 87.5 Å². The minimum absolute atomic E-state index is 0.0107. The van der Waals surface area contributed by atoms with E-state index in [-0.39, 0.29) is 24.2 Å². The zero-order chi connectivity index (χ0) is 23.1. The first kappa shape index (κ1) is 22.1. The van der Waals surface area contributed by atoms with Gasteiger partial charge < -0.3 is 14.6 Å². The molecule has 1 aliphatic heterocycles. The first-order valence-electron chi connectivity index (χ1n) is 11.4. The Bertz CT molecular complexity index is 1110. The van der Waals surface area contributed by atoms with E-state index in [9.17, 15) is 9.90 Å². The van der Waals surface area contributed by atoms with Gasteiger partial charge in [-0.2, -0.15) is 0 Å². The predicted molar refractivity (Wildman–Crippen MR) is 128 cm³/mol. The molecule has 172 valence electrons.